The van der Waals surface area contributed by atoms with Crippen LogP contribution in [0.25, 0.3) is 22.8 Å². The first-order chi connectivity index (χ1) is 13.5. The number of carboxylic acid groups (broad SMARTS) is 1. The molecule has 0 fully saturated rings. The molecule has 28 heavy (non-hydrogen) atoms. The Morgan fingerprint density at radius 1 is 1.11 bits per heavy atom. The van der Waals surface area contributed by atoms with Gasteiger partial charge in [-0.1, -0.05) is 29.4 Å². The maximum Gasteiger partial charge on any atom is 0.304 e. The van der Waals surface area contributed by atoms with E-state index in [0.717, 1.165) is 22.4 Å². The quantitative estimate of drug-likeness (QED) is 0.545. The normalized spacial score (nSPS) is 11.0. The van der Waals surface area contributed by atoms with Crippen molar-refractivity contribution in [1.82, 2.24) is 15.5 Å². The van der Waals surface area contributed by atoms with Gasteiger partial charge in [-0.2, -0.15) is 4.98 Å². The van der Waals surface area contributed by atoms with Crippen LogP contribution in [0.1, 0.15) is 25.8 Å². The molecule has 0 spiro atoms. The van der Waals surface area contributed by atoms with Crippen LogP contribution in [0.2, 0.25) is 0 Å². The number of hydrogen-bond donors (Lipinski definition) is 2. The average molecular weight is 381 g/mol. The Bertz CT molecular complexity index is 902. The lowest BCUT2D eigenvalue weighted by atomic mass is 10.1. The minimum Gasteiger partial charge on any atom is -0.491 e. The van der Waals surface area contributed by atoms with Gasteiger partial charge in [0.15, 0.2) is 0 Å². The third-order valence-corrected chi connectivity index (χ3v) is 3.96. The van der Waals surface area contributed by atoms with Gasteiger partial charge in [0, 0.05) is 24.2 Å². The predicted octanol–water partition coefficient (Wildman–Crippen LogP) is 3.76. The average Bonchev–Trinajstić information content (AvgIpc) is 3.16. The molecule has 7 nitrogen and oxygen atoms in total. The highest BCUT2D eigenvalue weighted by Gasteiger charge is 2.11. The summed E-state index contributed by atoms with van der Waals surface area (Å²) in [5.74, 6) is 0.956. The van der Waals surface area contributed by atoms with E-state index in [1.165, 1.54) is 0 Å². The van der Waals surface area contributed by atoms with Gasteiger partial charge in [-0.05, 0) is 43.7 Å². The van der Waals surface area contributed by atoms with Gasteiger partial charge in [0.25, 0.3) is 5.89 Å². The summed E-state index contributed by atoms with van der Waals surface area (Å²) in [4.78, 5) is 15.0. The lowest BCUT2D eigenvalue weighted by Gasteiger charge is -2.09. The number of hydrogen-bond acceptors (Lipinski definition) is 6. The molecule has 0 atom stereocenters. The van der Waals surface area contributed by atoms with Crippen LogP contribution < -0.4 is 10.1 Å². The van der Waals surface area contributed by atoms with E-state index in [2.05, 4.69) is 15.5 Å². The van der Waals surface area contributed by atoms with Crippen LogP contribution in [0, 0.1) is 0 Å². The van der Waals surface area contributed by atoms with Crippen molar-refractivity contribution < 1.29 is 19.2 Å². The molecular formula is C21H23N3O4. The molecule has 3 rings (SSSR count). The molecule has 0 aliphatic carbocycles. The third-order valence-electron chi connectivity index (χ3n) is 3.96. The Kier molecular flexibility index (Phi) is 6.39. The molecule has 2 N–H and O–H groups in total. The Labute approximate surface area is 163 Å². The number of ether oxygens (including phenoxy) is 1. The molecular weight excluding hydrogens is 358 g/mol. The second-order valence-electron chi connectivity index (χ2n) is 6.63. The van der Waals surface area contributed by atoms with E-state index in [-0.39, 0.29) is 12.5 Å². The monoisotopic (exact) mass is 381 g/mol. The van der Waals surface area contributed by atoms with Crippen molar-refractivity contribution in [2.24, 2.45) is 0 Å². The van der Waals surface area contributed by atoms with E-state index in [4.69, 9.17) is 14.4 Å². The highest BCUT2D eigenvalue weighted by Crippen LogP contribution is 2.24. The Morgan fingerprint density at radius 3 is 2.43 bits per heavy atom. The van der Waals surface area contributed by atoms with Crippen LogP contribution in [0.3, 0.4) is 0 Å². The van der Waals surface area contributed by atoms with Crippen LogP contribution in [-0.2, 0) is 11.3 Å². The number of rotatable bonds is 9. The summed E-state index contributed by atoms with van der Waals surface area (Å²) in [6, 6.07) is 15.3. The second-order valence-corrected chi connectivity index (χ2v) is 6.63. The highest BCUT2D eigenvalue weighted by molar-refractivity contribution is 5.66. The first-order valence-corrected chi connectivity index (χ1v) is 9.14. The van der Waals surface area contributed by atoms with Crippen molar-refractivity contribution in [2.45, 2.75) is 32.9 Å². The lowest BCUT2D eigenvalue weighted by Crippen LogP contribution is -2.17. The maximum absolute atomic E-state index is 10.5. The molecule has 0 aliphatic rings. The maximum atomic E-state index is 10.5. The van der Waals surface area contributed by atoms with Crippen molar-refractivity contribution in [3.63, 3.8) is 0 Å². The van der Waals surface area contributed by atoms with Crippen molar-refractivity contribution in [1.29, 1.82) is 0 Å². The molecule has 0 aliphatic heterocycles. The number of nitrogens with zero attached hydrogens (tertiary/aromatic N) is 2. The summed E-state index contributed by atoms with van der Waals surface area (Å²) < 4.78 is 11.0. The highest BCUT2D eigenvalue weighted by atomic mass is 16.5. The number of carbonyl (C=O) groups is 1. The predicted molar refractivity (Wildman–Crippen MR) is 105 cm³/mol. The topological polar surface area (TPSA) is 97.5 Å². The molecule has 0 radical (unpaired) electrons. The lowest BCUT2D eigenvalue weighted by molar-refractivity contribution is -0.136. The number of carboxylic acids is 1. The van der Waals surface area contributed by atoms with Crippen LogP contribution in [0.5, 0.6) is 5.75 Å². The van der Waals surface area contributed by atoms with Gasteiger partial charge in [-0.25, -0.2) is 0 Å². The van der Waals surface area contributed by atoms with E-state index >= 15 is 0 Å². The van der Waals surface area contributed by atoms with Gasteiger partial charge in [-0.15, -0.1) is 0 Å². The largest absolute Gasteiger partial charge is 0.491 e. The summed E-state index contributed by atoms with van der Waals surface area (Å²) in [5.41, 5.74) is 2.73. The van der Waals surface area contributed by atoms with E-state index in [1.54, 1.807) is 0 Å². The van der Waals surface area contributed by atoms with Crippen molar-refractivity contribution in [3.8, 4) is 28.6 Å². The van der Waals surface area contributed by atoms with E-state index < -0.39 is 5.97 Å². The Balaban J connectivity index is 1.62. The number of aromatic nitrogens is 2. The molecule has 2 aromatic carbocycles. The zero-order valence-corrected chi connectivity index (χ0v) is 15.9. The van der Waals surface area contributed by atoms with Crippen molar-refractivity contribution in [2.75, 3.05) is 6.54 Å². The van der Waals surface area contributed by atoms with Crippen LogP contribution in [0.4, 0.5) is 0 Å². The fraction of sp³-hybridized carbons (Fsp3) is 0.286. The fourth-order valence-corrected chi connectivity index (χ4v) is 2.61. The van der Waals surface area contributed by atoms with Gasteiger partial charge in [0.05, 0.1) is 12.5 Å². The van der Waals surface area contributed by atoms with Gasteiger partial charge in [0.1, 0.15) is 5.75 Å². The van der Waals surface area contributed by atoms with Crippen molar-refractivity contribution >= 4 is 5.97 Å². The molecule has 0 amide bonds. The van der Waals surface area contributed by atoms with Gasteiger partial charge >= 0.3 is 5.97 Å². The zero-order valence-electron chi connectivity index (χ0n) is 15.9. The van der Waals surface area contributed by atoms with E-state index in [9.17, 15) is 4.79 Å². The van der Waals surface area contributed by atoms with Crippen LogP contribution in [0.15, 0.2) is 53.1 Å². The first-order valence-electron chi connectivity index (χ1n) is 9.14. The molecule has 0 saturated heterocycles. The molecule has 1 heterocycles. The van der Waals surface area contributed by atoms with Crippen molar-refractivity contribution in [3.05, 3.63) is 54.1 Å². The molecule has 1 aromatic heterocycles. The minimum atomic E-state index is -0.808. The second kappa shape index (κ2) is 9.14. The van der Waals surface area contributed by atoms with Gasteiger partial charge in [-0.3, -0.25) is 4.79 Å². The Hall–Kier alpha value is -3.19. The van der Waals surface area contributed by atoms with Crippen LogP contribution >= 0.6 is 0 Å². The summed E-state index contributed by atoms with van der Waals surface area (Å²) in [7, 11) is 0. The van der Waals surface area contributed by atoms with Crippen LogP contribution in [-0.4, -0.2) is 33.9 Å². The first kappa shape index (κ1) is 19.6. The molecule has 0 saturated carbocycles. The smallest absolute Gasteiger partial charge is 0.304 e. The number of nitrogens with one attached hydrogen (secondary N) is 1. The fourth-order valence-electron chi connectivity index (χ4n) is 2.61. The van der Waals surface area contributed by atoms with E-state index in [0.29, 0.717) is 24.8 Å². The summed E-state index contributed by atoms with van der Waals surface area (Å²) in [6.45, 7) is 5.01. The summed E-state index contributed by atoms with van der Waals surface area (Å²) >= 11 is 0. The molecule has 7 heteroatoms. The summed E-state index contributed by atoms with van der Waals surface area (Å²) in [5, 5.41) is 15.8. The SMILES string of the molecule is CC(C)Oc1ccc(-c2nc(-c3ccc(CNCCC(=O)O)cc3)no2)cc1. The summed E-state index contributed by atoms with van der Waals surface area (Å²) in [6.07, 6.45) is 0.227. The van der Waals surface area contributed by atoms with E-state index in [1.807, 2.05) is 62.4 Å². The number of benzene rings is 2. The molecule has 0 bridgehead atoms. The number of aliphatic carboxylic acids is 1. The zero-order chi connectivity index (χ0) is 19.9. The van der Waals surface area contributed by atoms with Gasteiger partial charge < -0.3 is 19.7 Å². The molecule has 3 aromatic rings. The minimum absolute atomic E-state index is 0.105. The Morgan fingerprint density at radius 2 is 1.79 bits per heavy atom. The standard InChI is InChI=1S/C21H23N3O4/c1-14(2)27-18-9-7-17(8-10-18)21-23-20(24-28-21)16-5-3-15(4-6-16)13-22-12-11-19(25)26/h3-10,14,22H,11-13H2,1-2H3,(H,25,26). The van der Waals surface area contributed by atoms with Gasteiger partial charge in [0.2, 0.25) is 5.82 Å². The molecule has 0 unspecified atom stereocenters. The third kappa shape index (κ3) is 5.40. The molecule has 146 valence electrons.